The monoisotopic (exact) mass is 143 g/mol. The molecule has 0 aromatic carbocycles. The topological polar surface area (TPSA) is 12.4 Å². The zero-order valence-corrected chi connectivity index (χ0v) is 6.87. The molecule has 0 aliphatic carbocycles. The summed E-state index contributed by atoms with van der Waals surface area (Å²) in [4.78, 5) is 4.36. The molecule has 0 amide bonds. The molecule has 1 aliphatic rings. The van der Waals surface area contributed by atoms with Crippen LogP contribution in [0.25, 0.3) is 0 Å². The van der Waals surface area contributed by atoms with Gasteiger partial charge in [-0.1, -0.05) is 13.8 Å². The standard InChI is InChI=1S/C7H13NS/c1-6(2)5-7-8-3-4-9-7/h6H,3-5H2,1-2H3. The largest absolute Gasteiger partial charge is 0.282 e. The van der Waals surface area contributed by atoms with E-state index in [-0.39, 0.29) is 0 Å². The maximum absolute atomic E-state index is 4.36. The van der Waals surface area contributed by atoms with Crippen molar-refractivity contribution in [2.75, 3.05) is 12.3 Å². The lowest BCUT2D eigenvalue weighted by atomic mass is 10.1. The quantitative estimate of drug-likeness (QED) is 0.577. The third-order valence-electron chi connectivity index (χ3n) is 1.23. The van der Waals surface area contributed by atoms with Crippen molar-refractivity contribution >= 4 is 16.8 Å². The molecule has 0 spiro atoms. The highest BCUT2D eigenvalue weighted by Gasteiger charge is 2.07. The van der Waals surface area contributed by atoms with Crippen molar-refractivity contribution in [3.63, 3.8) is 0 Å². The van der Waals surface area contributed by atoms with Gasteiger partial charge in [-0.25, -0.2) is 0 Å². The number of nitrogens with zero attached hydrogens (tertiary/aromatic N) is 1. The van der Waals surface area contributed by atoms with Crippen molar-refractivity contribution in [3.8, 4) is 0 Å². The molecule has 0 saturated carbocycles. The van der Waals surface area contributed by atoms with E-state index in [1.54, 1.807) is 0 Å². The molecule has 0 unspecified atom stereocenters. The van der Waals surface area contributed by atoms with E-state index in [9.17, 15) is 0 Å². The highest BCUT2D eigenvalue weighted by Crippen LogP contribution is 2.17. The summed E-state index contributed by atoms with van der Waals surface area (Å²) < 4.78 is 0. The molecule has 0 bridgehead atoms. The van der Waals surface area contributed by atoms with Crippen LogP contribution >= 0.6 is 11.8 Å². The molecule has 0 atom stereocenters. The van der Waals surface area contributed by atoms with Crippen LogP contribution in [0, 0.1) is 5.92 Å². The van der Waals surface area contributed by atoms with Crippen LogP contribution in [0.3, 0.4) is 0 Å². The number of aliphatic imine (C=N–C) groups is 1. The van der Waals surface area contributed by atoms with Crippen molar-refractivity contribution < 1.29 is 0 Å². The predicted octanol–water partition coefficient (Wildman–Crippen LogP) is 2.18. The van der Waals surface area contributed by atoms with E-state index in [1.807, 2.05) is 11.8 Å². The van der Waals surface area contributed by atoms with Gasteiger partial charge in [0.05, 0.1) is 5.04 Å². The van der Waals surface area contributed by atoms with Gasteiger partial charge in [-0.15, -0.1) is 11.8 Å². The molecule has 0 radical (unpaired) electrons. The lowest BCUT2D eigenvalue weighted by Crippen LogP contribution is -1.94. The fourth-order valence-corrected chi connectivity index (χ4v) is 1.90. The third-order valence-corrected chi connectivity index (χ3v) is 2.25. The minimum Gasteiger partial charge on any atom is -0.282 e. The van der Waals surface area contributed by atoms with Crippen molar-refractivity contribution in [1.82, 2.24) is 0 Å². The molecule has 0 aromatic rings. The Labute approximate surface area is 60.9 Å². The molecule has 9 heavy (non-hydrogen) atoms. The molecule has 52 valence electrons. The van der Waals surface area contributed by atoms with Crippen LogP contribution in [0.4, 0.5) is 0 Å². The molecule has 0 aromatic heterocycles. The van der Waals surface area contributed by atoms with Crippen molar-refractivity contribution in [3.05, 3.63) is 0 Å². The van der Waals surface area contributed by atoms with E-state index in [0.29, 0.717) is 0 Å². The van der Waals surface area contributed by atoms with Crippen molar-refractivity contribution in [2.45, 2.75) is 20.3 Å². The predicted molar refractivity (Wildman–Crippen MR) is 44.2 cm³/mol. The van der Waals surface area contributed by atoms with Gasteiger partial charge in [0.25, 0.3) is 0 Å². The Bertz CT molecular complexity index is 118. The SMILES string of the molecule is CC(C)CC1=NCCS1. The third kappa shape index (κ3) is 2.39. The molecule has 1 rings (SSSR count). The number of rotatable bonds is 2. The summed E-state index contributed by atoms with van der Waals surface area (Å²) in [6, 6.07) is 0. The maximum Gasteiger partial charge on any atom is 0.0679 e. The second-order valence-corrected chi connectivity index (χ2v) is 3.89. The first-order valence-electron chi connectivity index (χ1n) is 3.45. The average molecular weight is 143 g/mol. The van der Waals surface area contributed by atoms with Gasteiger partial charge in [0.1, 0.15) is 0 Å². The van der Waals surface area contributed by atoms with Crippen LogP contribution in [-0.4, -0.2) is 17.3 Å². The van der Waals surface area contributed by atoms with E-state index in [2.05, 4.69) is 18.8 Å². The first-order chi connectivity index (χ1) is 4.29. The molecule has 1 aliphatic heterocycles. The number of hydrogen-bond donors (Lipinski definition) is 0. The van der Waals surface area contributed by atoms with E-state index in [0.717, 1.165) is 12.5 Å². The molecule has 0 N–H and O–H groups in total. The Balaban J connectivity index is 2.26. The van der Waals surface area contributed by atoms with Crippen LogP contribution < -0.4 is 0 Å². The Morgan fingerprint density at radius 2 is 2.44 bits per heavy atom. The van der Waals surface area contributed by atoms with Crippen LogP contribution in [0.15, 0.2) is 4.99 Å². The lowest BCUT2D eigenvalue weighted by Gasteiger charge is -2.01. The van der Waals surface area contributed by atoms with Crippen LogP contribution in [0.2, 0.25) is 0 Å². The Kier molecular flexibility index (Phi) is 2.58. The summed E-state index contributed by atoms with van der Waals surface area (Å²) in [5, 5.41) is 1.37. The van der Waals surface area contributed by atoms with Crippen LogP contribution in [-0.2, 0) is 0 Å². The molecular formula is C7H13NS. The summed E-state index contributed by atoms with van der Waals surface area (Å²) in [6.45, 7) is 5.52. The molecule has 0 saturated heterocycles. The average Bonchev–Trinajstić information content (AvgIpc) is 2.15. The van der Waals surface area contributed by atoms with Gasteiger partial charge in [0, 0.05) is 12.3 Å². The second-order valence-electron chi connectivity index (χ2n) is 2.72. The van der Waals surface area contributed by atoms with Gasteiger partial charge in [0.2, 0.25) is 0 Å². The van der Waals surface area contributed by atoms with Gasteiger partial charge in [-0.2, -0.15) is 0 Å². The second kappa shape index (κ2) is 3.25. The number of thioether (sulfide) groups is 1. The Morgan fingerprint density at radius 3 is 2.89 bits per heavy atom. The highest BCUT2D eigenvalue weighted by molar-refractivity contribution is 8.14. The molecule has 2 heteroatoms. The smallest absolute Gasteiger partial charge is 0.0679 e. The van der Waals surface area contributed by atoms with Gasteiger partial charge in [0.15, 0.2) is 0 Å². The number of hydrogen-bond acceptors (Lipinski definition) is 2. The minimum atomic E-state index is 0.773. The molecule has 1 nitrogen and oxygen atoms in total. The highest BCUT2D eigenvalue weighted by atomic mass is 32.2. The van der Waals surface area contributed by atoms with Crippen molar-refractivity contribution in [2.24, 2.45) is 10.9 Å². The van der Waals surface area contributed by atoms with Gasteiger partial charge in [-0.05, 0) is 12.3 Å². The molecule has 1 heterocycles. The maximum atomic E-state index is 4.36. The van der Waals surface area contributed by atoms with Crippen LogP contribution in [0.1, 0.15) is 20.3 Å². The summed E-state index contributed by atoms with van der Waals surface area (Å²) in [5.41, 5.74) is 0. The normalized spacial score (nSPS) is 18.8. The summed E-state index contributed by atoms with van der Waals surface area (Å²) in [7, 11) is 0. The van der Waals surface area contributed by atoms with E-state index in [1.165, 1.54) is 17.2 Å². The van der Waals surface area contributed by atoms with Gasteiger partial charge < -0.3 is 0 Å². The van der Waals surface area contributed by atoms with Gasteiger partial charge in [-0.3, -0.25) is 4.99 Å². The molecular weight excluding hydrogens is 130 g/mol. The Hall–Kier alpha value is 0.0200. The van der Waals surface area contributed by atoms with Gasteiger partial charge >= 0.3 is 0 Å². The Morgan fingerprint density at radius 1 is 1.67 bits per heavy atom. The zero-order chi connectivity index (χ0) is 6.69. The van der Waals surface area contributed by atoms with E-state index >= 15 is 0 Å². The summed E-state index contributed by atoms with van der Waals surface area (Å²) in [5.74, 6) is 1.98. The fraction of sp³-hybridized carbons (Fsp3) is 0.857. The first-order valence-corrected chi connectivity index (χ1v) is 4.43. The van der Waals surface area contributed by atoms with E-state index in [4.69, 9.17) is 0 Å². The van der Waals surface area contributed by atoms with Crippen LogP contribution in [0.5, 0.6) is 0 Å². The first kappa shape index (κ1) is 7.13. The summed E-state index contributed by atoms with van der Waals surface area (Å²) in [6.07, 6.45) is 1.19. The lowest BCUT2D eigenvalue weighted by molar-refractivity contribution is 0.688. The van der Waals surface area contributed by atoms with Crippen molar-refractivity contribution in [1.29, 1.82) is 0 Å². The molecule has 0 fully saturated rings. The fourth-order valence-electron chi connectivity index (χ4n) is 0.852. The zero-order valence-electron chi connectivity index (χ0n) is 6.05. The van der Waals surface area contributed by atoms with E-state index < -0.39 is 0 Å². The summed E-state index contributed by atoms with van der Waals surface area (Å²) >= 11 is 1.92. The minimum absolute atomic E-state index is 0.773.